The second-order valence-corrected chi connectivity index (χ2v) is 7.92. The third kappa shape index (κ3) is 3.94. The van der Waals surface area contributed by atoms with Gasteiger partial charge < -0.3 is 15.1 Å². The lowest BCUT2D eigenvalue weighted by Gasteiger charge is -2.46. The minimum Gasteiger partial charge on any atom is -0.338 e. The first-order valence-corrected chi connectivity index (χ1v) is 9.74. The largest absolute Gasteiger partial charge is 0.338 e. The highest BCUT2D eigenvalue weighted by molar-refractivity contribution is 5.74. The number of fused-ring (bicyclic) bond motifs is 1. The van der Waals surface area contributed by atoms with Crippen LogP contribution in [0.5, 0.6) is 0 Å². The fourth-order valence-electron chi connectivity index (χ4n) is 4.30. The molecule has 2 atom stereocenters. The number of aromatic nitrogens is 2. The lowest BCUT2D eigenvalue weighted by atomic mass is 9.84. The van der Waals surface area contributed by atoms with Gasteiger partial charge in [0.2, 0.25) is 0 Å². The second kappa shape index (κ2) is 7.28. The smallest absolute Gasteiger partial charge is 0.317 e. The number of carbonyl (C=O) groups excluding carboxylic acids is 1. The maximum Gasteiger partial charge on any atom is 0.317 e. The predicted molar refractivity (Wildman–Crippen MR) is 96.4 cm³/mol. The van der Waals surface area contributed by atoms with Gasteiger partial charge in [0.25, 0.3) is 0 Å². The van der Waals surface area contributed by atoms with Crippen LogP contribution in [0.3, 0.4) is 0 Å². The molecular weight excluding hydrogens is 314 g/mol. The number of carbonyl (C=O) groups is 1. The molecule has 0 aromatic carbocycles. The Kier molecular flexibility index (Phi) is 4.88. The molecule has 0 unspecified atom stereocenters. The van der Waals surface area contributed by atoms with Gasteiger partial charge in [-0.2, -0.15) is 0 Å². The fourth-order valence-corrected chi connectivity index (χ4v) is 4.30. The van der Waals surface area contributed by atoms with Gasteiger partial charge in [-0.05, 0) is 63.6 Å². The number of hydrogen-bond donors (Lipinski definition) is 1. The summed E-state index contributed by atoms with van der Waals surface area (Å²) >= 11 is 0. The molecular formula is C19H29N5O. The SMILES string of the molecule is CN1CC[C@@H]2[C@@H](CCCN2C(=O)NCCc2cnc(C3CC3)nc2)C1. The Morgan fingerprint density at radius 1 is 1.20 bits per heavy atom. The molecule has 1 aromatic heterocycles. The first-order valence-electron chi connectivity index (χ1n) is 9.74. The number of rotatable bonds is 4. The van der Waals surface area contributed by atoms with Crippen LogP contribution in [-0.4, -0.2) is 65.1 Å². The van der Waals surface area contributed by atoms with Gasteiger partial charge in [0.05, 0.1) is 0 Å². The first kappa shape index (κ1) is 16.8. The third-order valence-electron chi connectivity index (χ3n) is 5.89. The van der Waals surface area contributed by atoms with Crippen LogP contribution in [0.1, 0.15) is 49.4 Å². The number of nitrogens with zero attached hydrogens (tertiary/aromatic N) is 4. The van der Waals surface area contributed by atoms with Crippen molar-refractivity contribution in [1.29, 1.82) is 0 Å². The molecule has 6 heteroatoms. The van der Waals surface area contributed by atoms with E-state index >= 15 is 0 Å². The molecule has 4 rings (SSSR count). The van der Waals surface area contributed by atoms with E-state index in [0.717, 1.165) is 50.3 Å². The van der Waals surface area contributed by atoms with E-state index in [1.807, 2.05) is 12.4 Å². The highest BCUT2D eigenvalue weighted by Gasteiger charge is 2.37. The van der Waals surface area contributed by atoms with Crippen LogP contribution in [0, 0.1) is 5.92 Å². The van der Waals surface area contributed by atoms with Gasteiger partial charge in [0.15, 0.2) is 0 Å². The van der Waals surface area contributed by atoms with Crippen molar-refractivity contribution >= 4 is 6.03 Å². The number of hydrogen-bond acceptors (Lipinski definition) is 4. The molecule has 0 bridgehead atoms. The van der Waals surface area contributed by atoms with E-state index in [2.05, 4.69) is 32.1 Å². The quantitative estimate of drug-likeness (QED) is 0.909. The summed E-state index contributed by atoms with van der Waals surface area (Å²) in [6.45, 7) is 3.77. The van der Waals surface area contributed by atoms with Gasteiger partial charge in [-0.25, -0.2) is 14.8 Å². The Labute approximate surface area is 150 Å². The van der Waals surface area contributed by atoms with E-state index in [4.69, 9.17) is 0 Å². The van der Waals surface area contributed by atoms with E-state index in [-0.39, 0.29) is 6.03 Å². The zero-order valence-electron chi connectivity index (χ0n) is 15.2. The Balaban J connectivity index is 1.26. The summed E-state index contributed by atoms with van der Waals surface area (Å²) in [5, 5.41) is 3.11. The van der Waals surface area contributed by atoms with Crippen molar-refractivity contribution in [2.45, 2.75) is 50.5 Å². The number of likely N-dealkylation sites (tertiary alicyclic amines) is 2. The molecule has 3 heterocycles. The maximum absolute atomic E-state index is 12.6. The highest BCUT2D eigenvalue weighted by atomic mass is 16.2. The van der Waals surface area contributed by atoms with Crippen molar-refractivity contribution in [3.8, 4) is 0 Å². The molecule has 6 nitrogen and oxygen atoms in total. The van der Waals surface area contributed by atoms with Gasteiger partial charge in [-0.15, -0.1) is 0 Å². The number of amides is 2. The van der Waals surface area contributed by atoms with Gasteiger partial charge >= 0.3 is 6.03 Å². The van der Waals surface area contributed by atoms with Crippen molar-refractivity contribution < 1.29 is 4.79 Å². The lowest BCUT2D eigenvalue weighted by molar-refractivity contribution is 0.0534. The Bertz CT molecular complexity index is 600. The first-order chi connectivity index (χ1) is 12.2. The van der Waals surface area contributed by atoms with Gasteiger partial charge in [0, 0.05) is 44.0 Å². The molecule has 2 saturated heterocycles. The Hall–Kier alpha value is -1.69. The minimum atomic E-state index is 0.106. The standard InChI is InChI=1S/C19H29N5O/c1-23-10-7-17-16(13-23)3-2-9-24(17)19(25)20-8-6-14-11-21-18(22-12-14)15-4-5-15/h11-12,15-17H,2-10,13H2,1H3,(H,20,25)/t16-,17+/m0/s1. The van der Waals surface area contributed by atoms with Crippen LogP contribution in [0.2, 0.25) is 0 Å². The summed E-state index contributed by atoms with van der Waals surface area (Å²) in [5.74, 6) is 2.21. The van der Waals surface area contributed by atoms with Gasteiger partial charge in [-0.3, -0.25) is 0 Å². The van der Waals surface area contributed by atoms with Gasteiger partial charge in [0.1, 0.15) is 5.82 Å². The summed E-state index contributed by atoms with van der Waals surface area (Å²) in [6.07, 6.45) is 10.6. The molecule has 0 spiro atoms. The molecule has 2 amide bonds. The van der Waals surface area contributed by atoms with E-state index in [1.54, 1.807) is 0 Å². The fraction of sp³-hybridized carbons (Fsp3) is 0.737. The van der Waals surface area contributed by atoms with Crippen molar-refractivity contribution in [1.82, 2.24) is 25.1 Å². The van der Waals surface area contributed by atoms with E-state index < -0.39 is 0 Å². The summed E-state index contributed by atoms with van der Waals surface area (Å²) in [4.78, 5) is 26.0. The van der Waals surface area contributed by atoms with Crippen LogP contribution in [0.15, 0.2) is 12.4 Å². The van der Waals surface area contributed by atoms with Crippen molar-refractivity contribution in [3.63, 3.8) is 0 Å². The van der Waals surface area contributed by atoms with Crippen LogP contribution < -0.4 is 5.32 Å². The summed E-state index contributed by atoms with van der Waals surface area (Å²) in [5.41, 5.74) is 1.10. The van der Waals surface area contributed by atoms with Gasteiger partial charge in [-0.1, -0.05) is 0 Å². The molecule has 0 radical (unpaired) electrons. The Morgan fingerprint density at radius 2 is 2.00 bits per heavy atom. The monoisotopic (exact) mass is 343 g/mol. The molecule has 1 saturated carbocycles. The molecule has 3 fully saturated rings. The molecule has 1 aliphatic carbocycles. The number of urea groups is 1. The molecule has 2 aliphatic heterocycles. The molecule has 1 aromatic rings. The highest BCUT2D eigenvalue weighted by Crippen LogP contribution is 2.37. The van der Waals surface area contributed by atoms with Crippen molar-refractivity contribution in [3.05, 3.63) is 23.8 Å². The topological polar surface area (TPSA) is 61.4 Å². The normalized spacial score (nSPS) is 27.0. The van der Waals surface area contributed by atoms with Crippen LogP contribution >= 0.6 is 0 Å². The predicted octanol–water partition coefficient (Wildman–Crippen LogP) is 2.02. The maximum atomic E-state index is 12.6. The average Bonchev–Trinajstić information content (AvgIpc) is 3.46. The van der Waals surface area contributed by atoms with Crippen LogP contribution in [-0.2, 0) is 6.42 Å². The zero-order chi connectivity index (χ0) is 17.2. The van der Waals surface area contributed by atoms with Crippen LogP contribution in [0.25, 0.3) is 0 Å². The van der Waals surface area contributed by atoms with Crippen molar-refractivity contribution in [2.75, 3.05) is 33.2 Å². The Morgan fingerprint density at radius 3 is 2.76 bits per heavy atom. The average molecular weight is 343 g/mol. The summed E-state index contributed by atoms with van der Waals surface area (Å²) in [7, 11) is 2.19. The summed E-state index contributed by atoms with van der Waals surface area (Å²) in [6, 6.07) is 0.529. The zero-order valence-corrected chi connectivity index (χ0v) is 15.2. The molecule has 25 heavy (non-hydrogen) atoms. The second-order valence-electron chi connectivity index (χ2n) is 7.92. The molecule has 1 N–H and O–H groups in total. The molecule has 3 aliphatic rings. The lowest BCUT2D eigenvalue weighted by Crippen LogP contribution is -2.57. The number of piperidine rings is 2. The number of nitrogens with one attached hydrogen (secondary N) is 1. The van der Waals surface area contributed by atoms with E-state index in [1.165, 1.54) is 19.3 Å². The van der Waals surface area contributed by atoms with E-state index in [9.17, 15) is 4.79 Å². The molecule has 136 valence electrons. The summed E-state index contributed by atoms with van der Waals surface area (Å²) < 4.78 is 0. The van der Waals surface area contributed by atoms with Crippen molar-refractivity contribution in [2.24, 2.45) is 5.92 Å². The van der Waals surface area contributed by atoms with Crippen LogP contribution in [0.4, 0.5) is 4.79 Å². The minimum absolute atomic E-state index is 0.106. The third-order valence-corrected chi connectivity index (χ3v) is 5.89. The van der Waals surface area contributed by atoms with E-state index in [0.29, 0.717) is 24.4 Å².